The van der Waals surface area contributed by atoms with Crippen LogP contribution in [0.3, 0.4) is 0 Å². The first-order valence-corrected chi connectivity index (χ1v) is 8.31. The molecular formula is C22H22O6. The molecule has 0 spiro atoms. The van der Waals surface area contributed by atoms with Crippen LogP contribution in [-0.4, -0.2) is 38.0 Å². The van der Waals surface area contributed by atoms with E-state index in [4.69, 9.17) is 17.0 Å². The maximum Gasteiger partial charge on any atom is 0.163 e. The molecule has 0 heterocycles. The fraction of sp³-hybridized carbons (Fsp3) is 0.182. The van der Waals surface area contributed by atoms with Crippen molar-refractivity contribution in [2.75, 3.05) is 21.3 Å². The number of carbonyl (C=O) groups is 2. The normalized spacial score (nSPS) is 12.7. The molecule has 6 nitrogen and oxygen atoms in total. The number of methoxy groups -OCH3 is 3. The average Bonchev–Trinajstić information content (AvgIpc) is 2.72. The van der Waals surface area contributed by atoms with Gasteiger partial charge in [-0.25, -0.2) is 0 Å². The number of hydrogen-bond donors (Lipinski definition) is 1. The molecule has 6 heteroatoms. The van der Waals surface area contributed by atoms with Gasteiger partial charge in [0.15, 0.2) is 34.6 Å². The van der Waals surface area contributed by atoms with Crippen LogP contribution in [0, 0.1) is 0 Å². The van der Waals surface area contributed by atoms with Crippen LogP contribution < -0.4 is 14.2 Å². The summed E-state index contributed by atoms with van der Waals surface area (Å²) >= 11 is 0. The third-order valence-corrected chi connectivity index (χ3v) is 3.71. The number of carbonyl (C=O) groups excluding carboxylic acids is 2. The van der Waals surface area contributed by atoms with Crippen LogP contribution in [-0.2, 0) is 9.59 Å². The number of phenolic OH excluding ortho intramolecular Hbond substituents is 1. The Kier molecular flexibility index (Phi) is 6.35. The highest BCUT2D eigenvalue weighted by atomic mass is 16.5. The van der Waals surface area contributed by atoms with Gasteiger partial charge in [-0.15, -0.1) is 0 Å². The number of ketones is 2. The van der Waals surface area contributed by atoms with Gasteiger partial charge in [0.05, 0.1) is 30.5 Å². The Hall–Kier alpha value is -3.54. The van der Waals surface area contributed by atoms with Crippen molar-refractivity contribution >= 4 is 23.7 Å². The third kappa shape index (κ3) is 5.74. The summed E-state index contributed by atoms with van der Waals surface area (Å²) in [6, 6.07) is 8.82. The minimum atomic E-state index is -0.576. The zero-order chi connectivity index (χ0) is 22.3. The Morgan fingerprint density at radius 1 is 0.857 bits per heavy atom. The van der Waals surface area contributed by atoms with Crippen molar-refractivity contribution in [2.24, 2.45) is 0 Å². The number of phenols is 1. The Morgan fingerprint density at radius 3 is 1.89 bits per heavy atom. The zero-order valence-corrected chi connectivity index (χ0v) is 15.8. The van der Waals surface area contributed by atoms with E-state index in [0.717, 1.165) is 12.2 Å². The Morgan fingerprint density at radius 2 is 1.36 bits per heavy atom. The quantitative estimate of drug-likeness (QED) is 0.525. The Labute approximate surface area is 166 Å². The van der Waals surface area contributed by atoms with E-state index >= 15 is 0 Å². The van der Waals surface area contributed by atoms with Gasteiger partial charge in [0.2, 0.25) is 0 Å². The summed E-state index contributed by atoms with van der Waals surface area (Å²) in [6.45, 7) is 0. The molecule has 2 rings (SSSR count). The molecule has 0 saturated heterocycles. The van der Waals surface area contributed by atoms with Gasteiger partial charge in [-0.3, -0.25) is 9.59 Å². The van der Waals surface area contributed by atoms with E-state index < -0.39 is 18.0 Å². The second kappa shape index (κ2) is 9.97. The van der Waals surface area contributed by atoms with Crippen molar-refractivity contribution in [2.45, 2.75) is 6.42 Å². The van der Waals surface area contributed by atoms with Crippen molar-refractivity contribution in [1.29, 1.82) is 0 Å². The molecule has 1 N–H and O–H groups in total. The second-order valence-electron chi connectivity index (χ2n) is 5.64. The minimum absolute atomic E-state index is 0.0768. The summed E-state index contributed by atoms with van der Waals surface area (Å²) in [4.78, 5) is 24.3. The lowest BCUT2D eigenvalue weighted by atomic mass is 10.1. The van der Waals surface area contributed by atoms with Crippen LogP contribution in [0.5, 0.6) is 23.0 Å². The molecule has 146 valence electrons. The average molecular weight is 384 g/mol. The van der Waals surface area contributed by atoms with Crippen molar-refractivity contribution in [1.82, 2.24) is 0 Å². The molecule has 0 saturated carbocycles. The number of rotatable bonds is 9. The van der Waals surface area contributed by atoms with Gasteiger partial charge in [0.25, 0.3) is 0 Å². The largest absolute Gasteiger partial charge is 0.504 e. The number of benzene rings is 2. The first kappa shape index (κ1) is 17.9. The summed E-state index contributed by atoms with van der Waals surface area (Å²) < 4.78 is 31.4. The van der Waals surface area contributed by atoms with Crippen molar-refractivity contribution in [3.8, 4) is 23.0 Å². The van der Waals surface area contributed by atoms with E-state index in [2.05, 4.69) is 0 Å². The fourth-order valence-corrected chi connectivity index (χ4v) is 2.29. The van der Waals surface area contributed by atoms with E-state index in [9.17, 15) is 14.7 Å². The molecule has 0 fully saturated rings. The van der Waals surface area contributed by atoms with E-state index in [-0.39, 0.29) is 23.6 Å². The van der Waals surface area contributed by atoms with Gasteiger partial charge >= 0.3 is 0 Å². The van der Waals surface area contributed by atoms with Crippen molar-refractivity contribution < 1.29 is 31.6 Å². The lowest BCUT2D eigenvalue weighted by molar-refractivity contribution is -0.121. The van der Waals surface area contributed by atoms with E-state index in [1.807, 2.05) is 0 Å². The first-order valence-electron chi connectivity index (χ1n) is 9.31. The van der Waals surface area contributed by atoms with E-state index in [1.54, 1.807) is 18.2 Å². The van der Waals surface area contributed by atoms with Crippen molar-refractivity contribution in [3.05, 3.63) is 59.7 Å². The molecular weight excluding hydrogens is 360 g/mol. The molecule has 0 aliphatic carbocycles. The maximum absolute atomic E-state index is 12.2. The monoisotopic (exact) mass is 384 g/mol. The number of ether oxygens (including phenoxy) is 3. The van der Waals surface area contributed by atoms with Gasteiger partial charge < -0.3 is 19.3 Å². The maximum atomic E-state index is 12.2. The van der Waals surface area contributed by atoms with Crippen LogP contribution in [0.15, 0.2) is 48.6 Å². The molecule has 0 aliphatic heterocycles. The van der Waals surface area contributed by atoms with Crippen LogP contribution in [0.2, 0.25) is 0 Å². The van der Waals surface area contributed by atoms with Gasteiger partial charge in [0.1, 0.15) is 0 Å². The van der Waals surface area contributed by atoms with Crippen LogP contribution in [0.25, 0.3) is 12.1 Å². The third-order valence-electron chi connectivity index (χ3n) is 3.71. The topological polar surface area (TPSA) is 82.1 Å². The summed E-state index contributed by atoms with van der Waals surface area (Å²) in [5.74, 6) is -0.137. The highest BCUT2D eigenvalue weighted by Gasteiger charge is 2.06. The number of hydrogen-bond acceptors (Lipinski definition) is 6. The molecule has 2 aromatic rings. The predicted molar refractivity (Wildman–Crippen MR) is 107 cm³/mol. The molecule has 0 bridgehead atoms. The lowest BCUT2D eigenvalue weighted by Gasteiger charge is -2.07. The SMILES string of the molecule is [2H]/C(=C\C(=O)CC(=O)/C=C(\[2H])c1ccc(OC)c(OC)c1)c1ccc(O)c(OC)c1. The molecule has 0 aliphatic rings. The number of aromatic hydroxyl groups is 1. The highest BCUT2D eigenvalue weighted by Crippen LogP contribution is 2.28. The molecule has 28 heavy (non-hydrogen) atoms. The molecule has 2 aromatic carbocycles. The fourth-order valence-electron chi connectivity index (χ4n) is 2.29. The predicted octanol–water partition coefficient (Wildman–Crippen LogP) is 3.67. The minimum Gasteiger partial charge on any atom is -0.504 e. The van der Waals surface area contributed by atoms with Gasteiger partial charge in [-0.05, 0) is 47.5 Å². The lowest BCUT2D eigenvalue weighted by Crippen LogP contribution is -2.01. The van der Waals surface area contributed by atoms with E-state index in [1.165, 1.54) is 39.5 Å². The Bertz CT molecular complexity index is 1010. The second-order valence-corrected chi connectivity index (χ2v) is 5.64. The number of allylic oxidation sites excluding steroid dienone is 2. The van der Waals surface area contributed by atoms with Gasteiger partial charge in [-0.1, -0.05) is 24.2 Å². The zero-order valence-electron chi connectivity index (χ0n) is 17.8. The summed E-state index contributed by atoms with van der Waals surface area (Å²) in [6.07, 6.45) is 1.60. The standard InChI is InChI=1S/C22H22O6/c1-26-20-11-7-16(13-22(20)28-3)5-9-18(24)14-17(23)8-4-15-6-10-19(25)21(12-15)27-2/h4-13,25H,14H2,1-3H3/b8-4+,9-5+/i4D,5D. The smallest absolute Gasteiger partial charge is 0.163 e. The van der Waals surface area contributed by atoms with Gasteiger partial charge in [0, 0.05) is 0 Å². The highest BCUT2D eigenvalue weighted by molar-refractivity contribution is 6.10. The van der Waals surface area contributed by atoms with Crippen LogP contribution in [0.4, 0.5) is 0 Å². The molecule has 0 aromatic heterocycles. The molecule has 0 radical (unpaired) electrons. The first-order chi connectivity index (χ1) is 14.3. The van der Waals surface area contributed by atoms with Crippen LogP contribution >= 0.6 is 0 Å². The summed E-state index contributed by atoms with van der Waals surface area (Å²) in [5, 5.41) is 9.60. The van der Waals surface area contributed by atoms with Crippen LogP contribution in [0.1, 0.15) is 20.3 Å². The molecule has 0 atom stereocenters. The van der Waals surface area contributed by atoms with Gasteiger partial charge in [-0.2, -0.15) is 0 Å². The Balaban J connectivity index is 2.11. The summed E-state index contributed by atoms with van der Waals surface area (Å²) in [5.41, 5.74) is 0.786. The summed E-state index contributed by atoms with van der Waals surface area (Å²) in [7, 11) is 4.33. The molecule has 0 unspecified atom stereocenters. The van der Waals surface area contributed by atoms with E-state index in [0.29, 0.717) is 22.6 Å². The van der Waals surface area contributed by atoms with Crippen molar-refractivity contribution in [3.63, 3.8) is 0 Å². The molecule has 0 amide bonds.